The number of para-hydroxylation sites is 1. The molecule has 0 bridgehead atoms. The number of hydrogen-bond donors (Lipinski definition) is 0. The second-order valence-corrected chi connectivity index (χ2v) is 7.22. The summed E-state index contributed by atoms with van der Waals surface area (Å²) in [6, 6.07) is 16.8. The number of carbonyl (C=O) groups excluding carboxylic acids is 2. The van der Waals surface area contributed by atoms with Crippen molar-refractivity contribution in [2.75, 3.05) is 46.0 Å². The Morgan fingerprint density at radius 3 is 1.90 bits per heavy atom. The van der Waals surface area contributed by atoms with Crippen LogP contribution >= 0.6 is 0 Å². The van der Waals surface area contributed by atoms with Crippen LogP contribution in [0.15, 0.2) is 54.6 Å². The standard InChI is InChI=1S/C24H30N2O5/c1-2-29-21-10-12-22(13-11-21)31-19-24(28)26-16-14-25(15-17-26)23(27)9-6-18-30-20-7-4-3-5-8-20/h3-5,7-8,10-13H,2,6,9,14-19H2,1H3. The molecule has 0 spiro atoms. The summed E-state index contributed by atoms with van der Waals surface area (Å²) in [5.41, 5.74) is 0. The first-order valence-electron chi connectivity index (χ1n) is 10.7. The molecule has 0 radical (unpaired) electrons. The van der Waals surface area contributed by atoms with E-state index in [0.29, 0.717) is 58.0 Å². The van der Waals surface area contributed by atoms with Crippen molar-refractivity contribution < 1.29 is 23.8 Å². The summed E-state index contributed by atoms with van der Waals surface area (Å²) in [6.45, 7) is 5.18. The smallest absolute Gasteiger partial charge is 0.260 e. The van der Waals surface area contributed by atoms with E-state index in [-0.39, 0.29) is 18.4 Å². The van der Waals surface area contributed by atoms with Crippen molar-refractivity contribution in [1.29, 1.82) is 0 Å². The zero-order valence-corrected chi connectivity index (χ0v) is 18.0. The van der Waals surface area contributed by atoms with Crippen molar-refractivity contribution in [2.45, 2.75) is 19.8 Å². The van der Waals surface area contributed by atoms with Gasteiger partial charge >= 0.3 is 0 Å². The first kappa shape index (κ1) is 22.5. The van der Waals surface area contributed by atoms with Crippen molar-refractivity contribution in [3.05, 3.63) is 54.6 Å². The first-order chi connectivity index (χ1) is 15.2. The molecule has 7 heteroatoms. The van der Waals surface area contributed by atoms with Crippen LogP contribution in [0.1, 0.15) is 19.8 Å². The van der Waals surface area contributed by atoms with E-state index in [0.717, 1.165) is 11.5 Å². The van der Waals surface area contributed by atoms with Crippen molar-refractivity contribution in [1.82, 2.24) is 9.80 Å². The molecule has 0 unspecified atom stereocenters. The molecular weight excluding hydrogens is 396 g/mol. The number of benzene rings is 2. The molecule has 2 aromatic carbocycles. The highest BCUT2D eigenvalue weighted by Gasteiger charge is 2.24. The summed E-state index contributed by atoms with van der Waals surface area (Å²) in [5, 5.41) is 0. The first-order valence-corrected chi connectivity index (χ1v) is 10.7. The monoisotopic (exact) mass is 426 g/mol. The molecule has 0 atom stereocenters. The predicted octanol–water partition coefficient (Wildman–Crippen LogP) is 2.99. The van der Waals surface area contributed by atoms with E-state index in [9.17, 15) is 9.59 Å². The molecule has 166 valence electrons. The normalized spacial score (nSPS) is 13.6. The highest BCUT2D eigenvalue weighted by Crippen LogP contribution is 2.17. The van der Waals surface area contributed by atoms with Crippen LogP contribution in [0.4, 0.5) is 0 Å². The maximum absolute atomic E-state index is 12.4. The van der Waals surface area contributed by atoms with Gasteiger partial charge in [0.2, 0.25) is 5.91 Å². The van der Waals surface area contributed by atoms with Gasteiger partial charge in [-0.05, 0) is 49.7 Å². The third-order valence-corrected chi connectivity index (χ3v) is 5.03. The van der Waals surface area contributed by atoms with E-state index in [1.165, 1.54) is 0 Å². The van der Waals surface area contributed by atoms with Crippen molar-refractivity contribution in [3.8, 4) is 17.2 Å². The maximum atomic E-state index is 12.4. The van der Waals surface area contributed by atoms with Gasteiger partial charge < -0.3 is 24.0 Å². The van der Waals surface area contributed by atoms with Crippen LogP contribution < -0.4 is 14.2 Å². The zero-order chi connectivity index (χ0) is 21.9. The fourth-order valence-electron chi connectivity index (χ4n) is 3.33. The van der Waals surface area contributed by atoms with Crippen LogP contribution in [0.5, 0.6) is 17.2 Å². The van der Waals surface area contributed by atoms with Crippen LogP contribution in [0.25, 0.3) is 0 Å². The Morgan fingerprint density at radius 2 is 1.29 bits per heavy atom. The largest absolute Gasteiger partial charge is 0.494 e. The van der Waals surface area contributed by atoms with Gasteiger partial charge in [0.25, 0.3) is 5.91 Å². The lowest BCUT2D eigenvalue weighted by atomic mass is 10.2. The Balaban J connectivity index is 1.31. The molecule has 2 amide bonds. The van der Waals surface area contributed by atoms with Gasteiger partial charge in [0, 0.05) is 32.6 Å². The Bertz CT molecular complexity index is 818. The van der Waals surface area contributed by atoms with Crippen LogP contribution in [-0.4, -0.2) is 67.6 Å². The van der Waals surface area contributed by atoms with Gasteiger partial charge in [-0.3, -0.25) is 9.59 Å². The number of carbonyl (C=O) groups is 2. The van der Waals surface area contributed by atoms with Gasteiger partial charge in [-0.15, -0.1) is 0 Å². The van der Waals surface area contributed by atoms with E-state index in [4.69, 9.17) is 14.2 Å². The Hall–Kier alpha value is -3.22. The Morgan fingerprint density at radius 1 is 0.742 bits per heavy atom. The summed E-state index contributed by atoms with van der Waals surface area (Å²) < 4.78 is 16.6. The van der Waals surface area contributed by atoms with E-state index >= 15 is 0 Å². The topological polar surface area (TPSA) is 68.3 Å². The van der Waals surface area contributed by atoms with Gasteiger partial charge in [-0.2, -0.15) is 0 Å². The predicted molar refractivity (Wildman–Crippen MR) is 117 cm³/mol. The summed E-state index contributed by atoms with van der Waals surface area (Å²) in [6.07, 6.45) is 1.12. The minimum absolute atomic E-state index is 0.0151. The lowest BCUT2D eigenvalue weighted by molar-refractivity contribution is -0.140. The molecule has 7 nitrogen and oxygen atoms in total. The summed E-state index contributed by atoms with van der Waals surface area (Å²) in [5.74, 6) is 2.25. The summed E-state index contributed by atoms with van der Waals surface area (Å²) in [4.78, 5) is 28.4. The van der Waals surface area contributed by atoms with Crippen LogP contribution in [0.3, 0.4) is 0 Å². The number of amides is 2. The Kier molecular flexibility index (Phi) is 8.58. The second kappa shape index (κ2) is 11.8. The highest BCUT2D eigenvalue weighted by molar-refractivity contribution is 5.79. The van der Waals surface area contributed by atoms with Crippen LogP contribution in [0, 0.1) is 0 Å². The zero-order valence-electron chi connectivity index (χ0n) is 18.0. The van der Waals surface area contributed by atoms with E-state index in [1.54, 1.807) is 17.0 Å². The lowest BCUT2D eigenvalue weighted by Crippen LogP contribution is -2.51. The third-order valence-electron chi connectivity index (χ3n) is 5.03. The van der Waals surface area contributed by atoms with Crippen molar-refractivity contribution >= 4 is 11.8 Å². The lowest BCUT2D eigenvalue weighted by Gasteiger charge is -2.34. The molecule has 1 aliphatic rings. The van der Waals surface area contributed by atoms with Gasteiger partial charge in [0.05, 0.1) is 13.2 Å². The highest BCUT2D eigenvalue weighted by atomic mass is 16.5. The minimum Gasteiger partial charge on any atom is -0.494 e. The van der Waals surface area contributed by atoms with E-state index in [2.05, 4.69) is 0 Å². The number of ether oxygens (including phenoxy) is 3. The van der Waals surface area contributed by atoms with Gasteiger partial charge in [-0.1, -0.05) is 18.2 Å². The maximum Gasteiger partial charge on any atom is 0.260 e. The fourth-order valence-corrected chi connectivity index (χ4v) is 3.33. The fraction of sp³-hybridized carbons (Fsp3) is 0.417. The number of rotatable bonds is 10. The van der Waals surface area contributed by atoms with Crippen molar-refractivity contribution in [3.63, 3.8) is 0 Å². The summed E-state index contributed by atoms with van der Waals surface area (Å²) >= 11 is 0. The number of nitrogens with zero attached hydrogens (tertiary/aromatic N) is 2. The third kappa shape index (κ3) is 7.20. The molecule has 2 aromatic rings. The molecule has 0 N–H and O–H groups in total. The minimum atomic E-state index is -0.0720. The number of piperazine rings is 1. The molecule has 1 saturated heterocycles. The van der Waals surface area contributed by atoms with Gasteiger partial charge in [-0.25, -0.2) is 0 Å². The SMILES string of the molecule is CCOc1ccc(OCC(=O)N2CCN(C(=O)CCCOc3ccccc3)CC2)cc1. The molecule has 0 saturated carbocycles. The van der Waals surface area contributed by atoms with Gasteiger partial charge in [0.15, 0.2) is 6.61 Å². The van der Waals surface area contributed by atoms with Crippen molar-refractivity contribution in [2.24, 2.45) is 0 Å². The van der Waals surface area contributed by atoms with Crippen LogP contribution in [0.2, 0.25) is 0 Å². The molecule has 1 heterocycles. The molecule has 1 aliphatic heterocycles. The van der Waals surface area contributed by atoms with E-state index in [1.807, 2.05) is 54.3 Å². The second-order valence-electron chi connectivity index (χ2n) is 7.22. The van der Waals surface area contributed by atoms with E-state index < -0.39 is 0 Å². The summed E-state index contributed by atoms with van der Waals surface area (Å²) in [7, 11) is 0. The Labute approximate surface area is 183 Å². The molecule has 0 aromatic heterocycles. The molecule has 31 heavy (non-hydrogen) atoms. The van der Waals surface area contributed by atoms with Gasteiger partial charge in [0.1, 0.15) is 17.2 Å². The average Bonchev–Trinajstić information content (AvgIpc) is 2.82. The number of hydrogen-bond acceptors (Lipinski definition) is 5. The average molecular weight is 427 g/mol. The van der Waals surface area contributed by atoms with Crippen LogP contribution in [-0.2, 0) is 9.59 Å². The molecule has 0 aliphatic carbocycles. The molecular formula is C24H30N2O5. The quantitative estimate of drug-likeness (QED) is 0.547. The molecule has 3 rings (SSSR count). The molecule has 1 fully saturated rings.